The topological polar surface area (TPSA) is 88.8 Å². The fourth-order valence-electron chi connectivity index (χ4n) is 5.02. The standard InChI is InChI=1S/C17H17F2N3O2.C7H6F2/c18-17(19)3-1-8-5-9(6-10(8)17)12-7-13(23)14-11(22-12)2-4-21-15(14)16(20)24;1-5-3-2-4-6(8)7(5)9/h2,4,7-10H,1,3,5-6H2,(H2,20,24)(H,22,23);2-4H,1H3. The average molecular weight is 461 g/mol. The average Bonchev–Trinajstić information content (AvgIpc) is 3.32. The van der Waals surface area contributed by atoms with Crippen molar-refractivity contribution in [2.45, 2.75) is 44.4 Å². The lowest BCUT2D eigenvalue weighted by molar-refractivity contribution is -0.0412. The number of hydrogen-bond acceptors (Lipinski definition) is 3. The number of nitrogens with zero attached hydrogens (tertiary/aromatic N) is 1. The van der Waals surface area contributed by atoms with Crippen LogP contribution in [-0.2, 0) is 0 Å². The van der Waals surface area contributed by atoms with E-state index in [0.29, 0.717) is 36.0 Å². The van der Waals surface area contributed by atoms with Crippen LogP contribution in [0.2, 0.25) is 0 Å². The number of hydrogen-bond donors (Lipinski definition) is 2. The lowest BCUT2D eigenvalue weighted by Gasteiger charge is -2.18. The summed E-state index contributed by atoms with van der Waals surface area (Å²) in [6.07, 6.45) is 2.96. The van der Waals surface area contributed by atoms with Gasteiger partial charge in [-0.25, -0.2) is 17.6 Å². The highest BCUT2D eigenvalue weighted by molar-refractivity contribution is 6.03. The minimum Gasteiger partial charge on any atom is -0.364 e. The van der Waals surface area contributed by atoms with Crippen molar-refractivity contribution in [1.82, 2.24) is 9.97 Å². The van der Waals surface area contributed by atoms with Gasteiger partial charge in [0.05, 0.1) is 10.9 Å². The van der Waals surface area contributed by atoms with Crippen LogP contribution in [0.4, 0.5) is 17.6 Å². The van der Waals surface area contributed by atoms with E-state index < -0.39 is 29.4 Å². The number of carbonyl (C=O) groups is 1. The lowest BCUT2D eigenvalue weighted by Crippen LogP contribution is -2.22. The van der Waals surface area contributed by atoms with Crippen LogP contribution in [0.5, 0.6) is 0 Å². The van der Waals surface area contributed by atoms with Crippen LogP contribution in [-0.4, -0.2) is 21.8 Å². The molecule has 5 nitrogen and oxygen atoms in total. The van der Waals surface area contributed by atoms with E-state index in [2.05, 4.69) is 9.97 Å². The van der Waals surface area contributed by atoms with Crippen LogP contribution in [0.1, 0.15) is 53.3 Å². The molecule has 0 spiro atoms. The Hall–Kier alpha value is -3.23. The first kappa shape index (κ1) is 22.9. The molecule has 2 aliphatic rings. The monoisotopic (exact) mass is 461 g/mol. The first-order valence-electron chi connectivity index (χ1n) is 10.7. The van der Waals surface area contributed by atoms with Crippen LogP contribution < -0.4 is 11.2 Å². The third-order valence-electron chi connectivity index (χ3n) is 6.67. The molecule has 0 saturated heterocycles. The minimum atomic E-state index is -2.60. The third kappa shape index (κ3) is 4.36. The Kier molecular flexibility index (Phi) is 5.99. The molecule has 0 bridgehead atoms. The number of aryl methyl sites for hydroxylation is 1. The van der Waals surface area contributed by atoms with Gasteiger partial charge in [-0.05, 0) is 55.7 Å². The highest BCUT2D eigenvalue weighted by Crippen LogP contribution is 2.56. The van der Waals surface area contributed by atoms with Gasteiger partial charge in [0.1, 0.15) is 5.69 Å². The van der Waals surface area contributed by atoms with Crippen molar-refractivity contribution in [1.29, 1.82) is 0 Å². The SMILES string of the molecule is Cc1cccc(F)c1F.NC(=O)c1nccc2[nH]c(C3CC4CCC(F)(F)C4C3)cc(=O)c12. The zero-order valence-electron chi connectivity index (χ0n) is 17.9. The predicted octanol–water partition coefficient (Wildman–Crippen LogP) is 4.83. The second-order valence-corrected chi connectivity index (χ2v) is 8.74. The molecule has 2 fully saturated rings. The number of nitrogens with one attached hydrogen (secondary N) is 1. The first-order chi connectivity index (χ1) is 15.6. The number of pyridine rings is 2. The highest BCUT2D eigenvalue weighted by atomic mass is 19.3. The van der Waals surface area contributed by atoms with Crippen molar-refractivity contribution < 1.29 is 22.4 Å². The number of rotatable bonds is 2. The molecule has 9 heteroatoms. The Morgan fingerprint density at radius 1 is 1.21 bits per heavy atom. The second-order valence-electron chi connectivity index (χ2n) is 8.74. The number of primary amides is 1. The van der Waals surface area contributed by atoms with Crippen molar-refractivity contribution >= 4 is 16.8 Å². The zero-order chi connectivity index (χ0) is 23.9. The third-order valence-corrected chi connectivity index (χ3v) is 6.67. The number of nitrogens with two attached hydrogens (primary N) is 1. The number of carbonyl (C=O) groups excluding carboxylic acids is 1. The number of aromatic nitrogens is 2. The normalized spacial score (nSPS) is 23.1. The molecule has 2 aliphatic carbocycles. The summed E-state index contributed by atoms with van der Waals surface area (Å²) >= 11 is 0. The molecule has 1 amide bonds. The summed E-state index contributed by atoms with van der Waals surface area (Å²) in [7, 11) is 0. The quantitative estimate of drug-likeness (QED) is 0.536. The van der Waals surface area contributed by atoms with Crippen LogP contribution >= 0.6 is 0 Å². The van der Waals surface area contributed by atoms with Crippen molar-refractivity contribution in [3.05, 3.63) is 75.3 Å². The van der Waals surface area contributed by atoms with E-state index in [-0.39, 0.29) is 34.8 Å². The van der Waals surface area contributed by atoms with Gasteiger partial charge in [-0.15, -0.1) is 0 Å². The van der Waals surface area contributed by atoms with Crippen LogP contribution in [0, 0.1) is 30.4 Å². The molecule has 3 N–H and O–H groups in total. The summed E-state index contributed by atoms with van der Waals surface area (Å²) in [5.41, 5.74) is 6.29. The summed E-state index contributed by atoms with van der Waals surface area (Å²) < 4.78 is 52.4. The molecule has 0 aliphatic heterocycles. The van der Waals surface area contributed by atoms with E-state index in [1.54, 1.807) is 6.07 Å². The molecule has 5 rings (SSSR count). The number of halogens is 4. The van der Waals surface area contributed by atoms with Crippen LogP contribution in [0.25, 0.3) is 10.9 Å². The summed E-state index contributed by atoms with van der Waals surface area (Å²) in [4.78, 5) is 30.9. The molecule has 2 heterocycles. The maximum Gasteiger partial charge on any atom is 0.268 e. The Bertz CT molecular complexity index is 1250. The fraction of sp³-hybridized carbons (Fsp3) is 0.375. The molecule has 33 heavy (non-hydrogen) atoms. The van der Waals surface area contributed by atoms with Crippen molar-refractivity contribution in [3.8, 4) is 0 Å². The van der Waals surface area contributed by atoms with E-state index in [0.717, 1.165) is 6.07 Å². The summed E-state index contributed by atoms with van der Waals surface area (Å²) in [6, 6.07) is 7.10. The van der Waals surface area contributed by atoms with E-state index >= 15 is 0 Å². The molecule has 1 aromatic carbocycles. The van der Waals surface area contributed by atoms with Gasteiger partial charge >= 0.3 is 0 Å². The van der Waals surface area contributed by atoms with Gasteiger partial charge in [0.2, 0.25) is 0 Å². The van der Waals surface area contributed by atoms with Gasteiger partial charge in [0.25, 0.3) is 11.8 Å². The smallest absolute Gasteiger partial charge is 0.268 e. The fourth-order valence-corrected chi connectivity index (χ4v) is 5.02. The van der Waals surface area contributed by atoms with E-state index in [4.69, 9.17) is 5.73 Å². The Morgan fingerprint density at radius 2 is 1.97 bits per heavy atom. The number of aromatic amines is 1. The second kappa shape index (κ2) is 8.61. The first-order valence-corrected chi connectivity index (χ1v) is 10.7. The van der Waals surface area contributed by atoms with E-state index in [1.165, 1.54) is 31.3 Å². The molecule has 174 valence electrons. The molecule has 3 unspecified atom stereocenters. The van der Waals surface area contributed by atoms with Gasteiger partial charge < -0.3 is 10.7 Å². The number of amides is 1. The van der Waals surface area contributed by atoms with Crippen molar-refractivity contribution in [3.63, 3.8) is 0 Å². The molecule has 2 saturated carbocycles. The predicted molar refractivity (Wildman–Crippen MR) is 115 cm³/mol. The van der Waals surface area contributed by atoms with Gasteiger partial charge in [-0.1, -0.05) is 12.1 Å². The van der Waals surface area contributed by atoms with Gasteiger partial charge in [-0.3, -0.25) is 14.6 Å². The molecular weight excluding hydrogens is 438 g/mol. The zero-order valence-corrected chi connectivity index (χ0v) is 17.9. The molecule has 3 aromatic rings. The highest BCUT2D eigenvalue weighted by Gasteiger charge is 2.54. The van der Waals surface area contributed by atoms with Gasteiger partial charge in [0, 0.05) is 30.3 Å². The van der Waals surface area contributed by atoms with Gasteiger partial charge in [0.15, 0.2) is 17.1 Å². The number of H-pyrrole nitrogens is 1. The van der Waals surface area contributed by atoms with Crippen molar-refractivity contribution in [2.24, 2.45) is 17.6 Å². The Morgan fingerprint density at radius 3 is 2.61 bits per heavy atom. The number of fused-ring (bicyclic) bond motifs is 2. The minimum absolute atomic E-state index is 0.0165. The lowest BCUT2D eigenvalue weighted by atomic mass is 9.97. The van der Waals surface area contributed by atoms with Gasteiger partial charge in [-0.2, -0.15) is 0 Å². The van der Waals surface area contributed by atoms with Crippen molar-refractivity contribution in [2.75, 3.05) is 0 Å². The summed E-state index contributed by atoms with van der Waals surface area (Å²) in [5.74, 6) is -5.57. The summed E-state index contributed by atoms with van der Waals surface area (Å²) in [6.45, 7) is 1.53. The number of benzene rings is 1. The number of alkyl halides is 2. The van der Waals surface area contributed by atoms with Crippen LogP contribution in [0.15, 0.2) is 41.3 Å². The molecule has 3 atom stereocenters. The van der Waals surface area contributed by atoms with E-state index in [1.807, 2.05) is 0 Å². The largest absolute Gasteiger partial charge is 0.364 e. The summed E-state index contributed by atoms with van der Waals surface area (Å²) in [5, 5.41) is 0.150. The molecular formula is C24H23F4N3O2. The Labute approximate surface area is 187 Å². The van der Waals surface area contributed by atoms with Crippen LogP contribution in [0.3, 0.4) is 0 Å². The van der Waals surface area contributed by atoms with E-state index in [9.17, 15) is 27.2 Å². The maximum atomic E-state index is 13.9. The maximum absolute atomic E-state index is 13.9. The Balaban J connectivity index is 0.000000243. The molecule has 0 radical (unpaired) electrons. The molecule has 2 aromatic heterocycles.